The lowest BCUT2D eigenvalue weighted by atomic mass is 9.99. The van der Waals surface area contributed by atoms with E-state index in [0.29, 0.717) is 33.8 Å². The molecule has 0 bridgehead atoms. The number of hydrogen-bond donors (Lipinski definition) is 1. The Bertz CT molecular complexity index is 1000. The summed E-state index contributed by atoms with van der Waals surface area (Å²) < 4.78 is 27.5. The quantitative estimate of drug-likeness (QED) is 0.614. The zero-order valence-corrected chi connectivity index (χ0v) is 19.0. The van der Waals surface area contributed by atoms with E-state index in [0.717, 1.165) is 44.7 Å². The number of aldehydes is 1. The molecule has 2 aromatic rings. The standard InChI is InChI=1S/C22H28ClN3O3S/c1-3-13-30(28,29)24-21-15-18(26-11-9-25(4-2)10-12-26)14-20(22(21)23)19-8-6-5-7-17(19)16-27/h5-8,14-16,24H,3-4,9-13H2,1-2H3. The van der Waals surface area contributed by atoms with Gasteiger partial charge in [-0.1, -0.05) is 49.7 Å². The normalized spacial score (nSPS) is 15.2. The summed E-state index contributed by atoms with van der Waals surface area (Å²) in [7, 11) is -3.51. The maximum atomic E-state index is 12.4. The molecule has 8 heteroatoms. The zero-order chi connectivity index (χ0) is 21.7. The van der Waals surface area contributed by atoms with Crippen molar-refractivity contribution in [3.8, 4) is 11.1 Å². The van der Waals surface area contributed by atoms with Gasteiger partial charge in [0.25, 0.3) is 0 Å². The van der Waals surface area contributed by atoms with E-state index in [1.54, 1.807) is 18.2 Å². The van der Waals surface area contributed by atoms with Crippen LogP contribution in [0.4, 0.5) is 11.4 Å². The van der Waals surface area contributed by atoms with Crippen LogP contribution >= 0.6 is 11.6 Å². The second-order valence-corrected chi connectivity index (χ2v) is 9.62. The van der Waals surface area contributed by atoms with Gasteiger partial charge in [0.2, 0.25) is 10.0 Å². The van der Waals surface area contributed by atoms with Crippen LogP contribution in [0.2, 0.25) is 5.02 Å². The molecule has 2 aromatic carbocycles. The highest BCUT2D eigenvalue weighted by Gasteiger charge is 2.22. The van der Waals surface area contributed by atoms with Crippen molar-refractivity contribution < 1.29 is 13.2 Å². The fourth-order valence-electron chi connectivity index (χ4n) is 3.72. The van der Waals surface area contributed by atoms with Crippen LogP contribution in [0.3, 0.4) is 0 Å². The molecule has 0 aliphatic carbocycles. The number of piperazine rings is 1. The van der Waals surface area contributed by atoms with Crippen molar-refractivity contribution in [2.75, 3.05) is 48.1 Å². The predicted molar refractivity (Wildman–Crippen MR) is 124 cm³/mol. The second kappa shape index (κ2) is 9.81. The lowest BCUT2D eigenvalue weighted by Crippen LogP contribution is -2.46. The van der Waals surface area contributed by atoms with E-state index in [4.69, 9.17) is 11.6 Å². The maximum absolute atomic E-state index is 12.4. The number of sulfonamides is 1. The van der Waals surface area contributed by atoms with Gasteiger partial charge in [0.15, 0.2) is 6.29 Å². The molecule has 30 heavy (non-hydrogen) atoms. The molecule has 1 heterocycles. The van der Waals surface area contributed by atoms with Crippen molar-refractivity contribution in [3.63, 3.8) is 0 Å². The first-order valence-electron chi connectivity index (χ1n) is 10.2. The van der Waals surface area contributed by atoms with Crippen molar-refractivity contribution in [1.29, 1.82) is 0 Å². The van der Waals surface area contributed by atoms with Crippen LogP contribution in [-0.4, -0.2) is 58.1 Å². The molecular weight excluding hydrogens is 422 g/mol. The van der Waals surface area contributed by atoms with E-state index in [1.165, 1.54) is 0 Å². The summed E-state index contributed by atoms with van der Waals surface area (Å²) in [5.74, 6) is 0.0169. The summed E-state index contributed by atoms with van der Waals surface area (Å²) in [6.45, 7) is 8.53. The second-order valence-electron chi connectivity index (χ2n) is 7.40. The van der Waals surface area contributed by atoms with Crippen LogP contribution < -0.4 is 9.62 Å². The van der Waals surface area contributed by atoms with E-state index in [1.807, 2.05) is 25.1 Å². The summed E-state index contributed by atoms with van der Waals surface area (Å²) in [5, 5.41) is 0.292. The van der Waals surface area contributed by atoms with E-state index in [2.05, 4.69) is 21.4 Å². The average molecular weight is 450 g/mol. The molecule has 6 nitrogen and oxygen atoms in total. The Morgan fingerprint density at radius 3 is 2.40 bits per heavy atom. The molecule has 162 valence electrons. The molecule has 1 saturated heterocycles. The van der Waals surface area contributed by atoms with Crippen LogP contribution in [0.15, 0.2) is 36.4 Å². The minimum atomic E-state index is -3.51. The molecule has 0 spiro atoms. The molecule has 1 aliphatic heterocycles. The van der Waals surface area contributed by atoms with E-state index in [-0.39, 0.29) is 5.75 Å². The fraction of sp³-hybridized carbons (Fsp3) is 0.409. The molecular formula is C22H28ClN3O3S. The number of carbonyl (C=O) groups excluding carboxylic acids is 1. The Hall–Kier alpha value is -2.09. The Morgan fingerprint density at radius 2 is 1.77 bits per heavy atom. The third-order valence-electron chi connectivity index (χ3n) is 5.36. The van der Waals surface area contributed by atoms with Crippen LogP contribution in [0, 0.1) is 0 Å². The molecule has 0 unspecified atom stereocenters. The minimum absolute atomic E-state index is 0.0169. The number of anilines is 2. The van der Waals surface area contributed by atoms with Gasteiger partial charge in [-0.15, -0.1) is 0 Å². The third-order valence-corrected chi connectivity index (χ3v) is 7.24. The SMILES string of the molecule is CCCS(=O)(=O)Nc1cc(N2CCN(CC)CC2)cc(-c2ccccc2C=O)c1Cl. The number of nitrogens with one attached hydrogen (secondary N) is 1. The number of benzene rings is 2. The first-order valence-corrected chi connectivity index (χ1v) is 12.3. The van der Waals surface area contributed by atoms with E-state index in [9.17, 15) is 13.2 Å². The lowest BCUT2D eigenvalue weighted by molar-refractivity contribution is 0.112. The molecule has 0 radical (unpaired) electrons. The van der Waals surface area contributed by atoms with E-state index >= 15 is 0 Å². The molecule has 0 saturated carbocycles. The highest BCUT2D eigenvalue weighted by molar-refractivity contribution is 7.92. The van der Waals surface area contributed by atoms with Crippen molar-refractivity contribution in [3.05, 3.63) is 47.0 Å². The Kier molecular flexibility index (Phi) is 7.39. The van der Waals surface area contributed by atoms with Gasteiger partial charge in [0.05, 0.1) is 16.5 Å². The van der Waals surface area contributed by atoms with Gasteiger partial charge in [-0.25, -0.2) is 8.42 Å². The first-order chi connectivity index (χ1) is 14.4. The van der Waals surface area contributed by atoms with Crippen molar-refractivity contribution >= 4 is 39.3 Å². The maximum Gasteiger partial charge on any atom is 0.232 e. The Morgan fingerprint density at radius 1 is 1.07 bits per heavy atom. The van der Waals surface area contributed by atoms with Gasteiger partial charge in [-0.05, 0) is 30.7 Å². The first kappa shape index (κ1) is 22.6. The van der Waals surface area contributed by atoms with Gasteiger partial charge in [-0.2, -0.15) is 0 Å². The fourth-order valence-corrected chi connectivity index (χ4v) is 5.17. The molecule has 3 rings (SSSR count). The number of rotatable bonds is 8. The number of hydrogen-bond acceptors (Lipinski definition) is 5. The highest BCUT2D eigenvalue weighted by atomic mass is 35.5. The molecule has 0 amide bonds. The highest BCUT2D eigenvalue weighted by Crippen LogP contribution is 2.40. The average Bonchev–Trinajstić information content (AvgIpc) is 2.75. The summed E-state index contributed by atoms with van der Waals surface area (Å²) in [4.78, 5) is 16.2. The number of halogens is 1. The van der Waals surface area contributed by atoms with Gasteiger partial charge in [0, 0.05) is 43.0 Å². The zero-order valence-electron chi connectivity index (χ0n) is 17.4. The monoisotopic (exact) mass is 449 g/mol. The van der Waals surface area contributed by atoms with Crippen molar-refractivity contribution in [2.24, 2.45) is 0 Å². The molecule has 0 atom stereocenters. The van der Waals surface area contributed by atoms with Crippen molar-refractivity contribution in [1.82, 2.24) is 4.90 Å². The summed E-state index contributed by atoms with van der Waals surface area (Å²) in [6, 6.07) is 10.9. The Balaban J connectivity index is 2.09. The topological polar surface area (TPSA) is 69.7 Å². The van der Waals surface area contributed by atoms with Crippen LogP contribution in [0.1, 0.15) is 30.6 Å². The summed E-state index contributed by atoms with van der Waals surface area (Å²) in [5.41, 5.74) is 3.07. The molecule has 1 N–H and O–H groups in total. The van der Waals surface area contributed by atoms with E-state index < -0.39 is 10.0 Å². The van der Waals surface area contributed by atoms with Crippen molar-refractivity contribution in [2.45, 2.75) is 20.3 Å². The van der Waals surface area contributed by atoms with Crippen LogP contribution in [0.25, 0.3) is 11.1 Å². The Labute approximate surface area is 183 Å². The van der Waals surface area contributed by atoms with Crippen LogP contribution in [-0.2, 0) is 10.0 Å². The lowest BCUT2D eigenvalue weighted by Gasteiger charge is -2.36. The predicted octanol–water partition coefficient (Wildman–Crippen LogP) is 4.11. The smallest absolute Gasteiger partial charge is 0.232 e. The summed E-state index contributed by atoms with van der Waals surface area (Å²) >= 11 is 6.67. The largest absolute Gasteiger partial charge is 0.369 e. The number of nitrogens with zero attached hydrogens (tertiary/aromatic N) is 2. The number of carbonyl (C=O) groups is 1. The molecule has 1 fully saturated rings. The van der Waals surface area contributed by atoms with Gasteiger partial charge >= 0.3 is 0 Å². The van der Waals surface area contributed by atoms with Gasteiger partial charge in [-0.3, -0.25) is 9.52 Å². The van der Waals surface area contributed by atoms with Gasteiger partial charge in [0.1, 0.15) is 0 Å². The summed E-state index contributed by atoms with van der Waals surface area (Å²) in [6.07, 6.45) is 1.30. The number of likely N-dealkylation sites (N-methyl/N-ethyl adjacent to an activating group) is 1. The minimum Gasteiger partial charge on any atom is -0.369 e. The van der Waals surface area contributed by atoms with Crippen LogP contribution in [0.5, 0.6) is 0 Å². The van der Waals surface area contributed by atoms with Gasteiger partial charge < -0.3 is 9.80 Å². The third kappa shape index (κ3) is 5.14. The molecule has 0 aromatic heterocycles. The molecule has 1 aliphatic rings.